The van der Waals surface area contributed by atoms with Gasteiger partial charge >= 0.3 is 0 Å². The Morgan fingerprint density at radius 1 is 1.40 bits per heavy atom. The number of aliphatic hydroxyl groups excluding tert-OH is 1. The van der Waals surface area contributed by atoms with E-state index in [1.54, 1.807) is 12.3 Å². The van der Waals surface area contributed by atoms with E-state index in [4.69, 9.17) is 11.6 Å². The lowest BCUT2D eigenvalue weighted by Gasteiger charge is -2.14. The molecule has 1 aromatic carbocycles. The molecule has 0 radical (unpaired) electrons. The van der Waals surface area contributed by atoms with E-state index in [0.29, 0.717) is 41.5 Å². The van der Waals surface area contributed by atoms with Gasteiger partial charge in [0.05, 0.1) is 22.3 Å². The molecule has 3 aromatic rings. The first kappa shape index (κ1) is 20.5. The number of β-amino-alcohol motifs (C(OH)–C–C–N with tert-alkyl or cyclic N) is 1. The van der Waals surface area contributed by atoms with Crippen LogP contribution in [0.25, 0.3) is 11.2 Å². The minimum atomic E-state index is -0.548. The number of amidine groups is 1. The third-order valence-electron chi connectivity index (χ3n) is 4.87. The monoisotopic (exact) mass is 433 g/mol. The molecule has 0 unspecified atom stereocenters. The zero-order valence-corrected chi connectivity index (χ0v) is 16.7. The fourth-order valence-corrected chi connectivity index (χ4v) is 3.54. The molecule has 1 aliphatic heterocycles. The number of hydrogen-bond donors (Lipinski definition) is 5. The van der Waals surface area contributed by atoms with Gasteiger partial charge in [-0.25, -0.2) is 14.4 Å². The van der Waals surface area contributed by atoms with Crippen LogP contribution < -0.4 is 10.8 Å². The van der Waals surface area contributed by atoms with E-state index in [1.165, 1.54) is 18.2 Å². The number of imidazole rings is 1. The number of nitrogens with zero attached hydrogens (tertiary/aromatic N) is 4. The van der Waals surface area contributed by atoms with Crippen LogP contribution in [0, 0.1) is 5.82 Å². The third kappa shape index (κ3) is 4.51. The lowest BCUT2D eigenvalue weighted by molar-refractivity contribution is 0.177. The van der Waals surface area contributed by atoms with Crippen LogP contribution in [-0.2, 0) is 0 Å². The molecule has 3 heterocycles. The van der Waals surface area contributed by atoms with E-state index >= 15 is 0 Å². The second-order valence-electron chi connectivity index (χ2n) is 6.98. The van der Waals surface area contributed by atoms with Crippen molar-refractivity contribution in [1.29, 1.82) is 0 Å². The van der Waals surface area contributed by atoms with Crippen LogP contribution in [0.2, 0.25) is 5.02 Å². The van der Waals surface area contributed by atoms with E-state index in [1.807, 2.05) is 0 Å². The summed E-state index contributed by atoms with van der Waals surface area (Å²) in [5.74, 6) is 0.117. The van der Waals surface area contributed by atoms with Gasteiger partial charge in [0, 0.05) is 37.9 Å². The van der Waals surface area contributed by atoms with Crippen molar-refractivity contribution in [1.82, 2.24) is 25.3 Å². The smallest absolute Gasteiger partial charge is 0.202 e. The number of aromatic amines is 1. The summed E-state index contributed by atoms with van der Waals surface area (Å²) < 4.78 is 13.4. The zero-order chi connectivity index (χ0) is 21.1. The molecule has 0 spiro atoms. The Labute approximate surface area is 176 Å². The van der Waals surface area contributed by atoms with E-state index < -0.39 is 5.82 Å². The Hall–Kier alpha value is -2.79. The molecule has 0 saturated carbocycles. The first-order valence-electron chi connectivity index (χ1n) is 9.46. The number of aromatic nitrogens is 3. The van der Waals surface area contributed by atoms with Gasteiger partial charge in [-0.2, -0.15) is 4.98 Å². The number of halogens is 2. The number of pyridine rings is 1. The average molecular weight is 434 g/mol. The van der Waals surface area contributed by atoms with Crippen LogP contribution in [-0.4, -0.2) is 68.3 Å². The lowest BCUT2D eigenvalue weighted by Crippen LogP contribution is -2.28. The van der Waals surface area contributed by atoms with E-state index in [-0.39, 0.29) is 17.0 Å². The molecule has 1 saturated heterocycles. The summed E-state index contributed by atoms with van der Waals surface area (Å²) in [4.78, 5) is 18.3. The average Bonchev–Trinajstić information content (AvgIpc) is 3.34. The molecule has 5 N–H and O–H groups in total. The summed E-state index contributed by atoms with van der Waals surface area (Å²) in [6.45, 7) is 2.99. The number of hydroxylamine groups is 1. The molecule has 1 fully saturated rings. The molecular formula is C19H21ClFN7O2. The maximum absolute atomic E-state index is 13.4. The molecule has 4 rings (SSSR count). The molecule has 2 aromatic heterocycles. The summed E-state index contributed by atoms with van der Waals surface area (Å²) in [6, 6.07) is 5.69. The largest absolute Gasteiger partial charge is 0.392 e. The van der Waals surface area contributed by atoms with Crippen molar-refractivity contribution in [3.63, 3.8) is 0 Å². The fraction of sp³-hybridized carbons (Fsp3) is 0.316. The Morgan fingerprint density at radius 2 is 2.27 bits per heavy atom. The van der Waals surface area contributed by atoms with Crippen molar-refractivity contribution in [3.05, 3.63) is 46.9 Å². The minimum Gasteiger partial charge on any atom is -0.392 e. The highest BCUT2D eigenvalue weighted by Crippen LogP contribution is 2.23. The second-order valence-corrected chi connectivity index (χ2v) is 7.39. The van der Waals surface area contributed by atoms with Gasteiger partial charge in [0.2, 0.25) is 5.95 Å². The van der Waals surface area contributed by atoms with Crippen molar-refractivity contribution >= 4 is 40.2 Å². The van der Waals surface area contributed by atoms with Crippen LogP contribution in [0.5, 0.6) is 0 Å². The van der Waals surface area contributed by atoms with E-state index in [0.717, 1.165) is 19.5 Å². The Morgan fingerprint density at radius 3 is 3.00 bits per heavy atom. The number of aliphatic imine (C=N–C) groups is 1. The van der Waals surface area contributed by atoms with Crippen molar-refractivity contribution in [2.45, 2.75) is 12.5 Å². The molecule has 158 valence electrons. The number of nitrogens with one attached hydrogen (secondary N) is 3. The summed E-state index contributed by atoms with van der Waals surface area (Å²) in [5.41, 5.74) is 4.00. The first-order valence-corrected chi connectivity index (χ1v) is 9.84. The third-order valence-corrected chi connectivity index (χ3v) is 5.15. The quantitative estimate of drug-likeness (QED) is 0.230. The molecule has 0 bridgehead atoms. The van der Waals surface area contributed by atoms with Gasteiger partial charge in [0.25, 0.3) is 0 Å². The highest BCUT2D eigenvalue weighted by Gasteiger charge is 2.19. The maximum Gasteiger partial charge on any atom is 0.202 e. The zero-order valence-electron chi connectivity index (χ0n) is 15.9. The normalized spacial score (nSPS) is 17.6. The fourth-order valence-electron chi connectivity index (χ4n) is 3.37. The Balaban J connectivity index is 1.54. The molecule has 1 atom stereocenters. The Bertz CT molecular complexity index is 1070. The highest BCUT2D eigenvalue weighted by atomic mass is 35.5. The van der Waals surface area contributed by atoms with Crippen LogP contribution in [0.15, 0.2) is 35.5 Å². The number of H-pyrrole nitrogens is 1. The summed E-state index contributed by atoms with van der Waals surface area (Å²) >= 11 is 5.81. The molecular weight excluding hydrogens is 413 g/mol. The highest BCUT2D eigenvalue weighted by molar-refractivity contribution is 6.31. The van der Waals surface area contributed by atoms with Crippen molar-refractivity contribution in [2.75, 3.05) is 31.5 Å². The van der Waals surface area contributed by atoms with Gasteiger partial charge < -0.3 is 15.4 Å². The van der Waals surface area contributed by atoms with Gasteiger partial charge in [-0.05, 0) is 30.7 Å². The Kier molecular flexibility index (Phi) is 6.09. The standard InChI is InChI=1S/C19H21ClFN7O2/c20-14-9-11(1-2-15(14)21)24-17(27-30)13-3-5-22-18-16(13)25-19(26-18)23-6-8-28-7-4-12(29)10-28/h1-3,5,9,12,29-30H,4,6-8,10H2,(H,24,27)(H2,22,23,25,26)/t12-/m0/s1. The topological polar surface area (TPSA) is 122 Å². The van der Waals surface area contributed by atoms with Gasteiger partial charge in [-0.15, -0.1) is 0 Å². The van der Waals surface area contributed by atoms with E-state index in [2.05, 4.69) is 35.6 Å². The van der Waals surface area contributed by atoms with Crippen molar-refractivity contribution in [3.8, 4) is 0 Å². The number of hydrogen-bond acceptors (Lipinski definition) is 7. The maximum atomic E-state index is 13.4. The summed E-state index contributed by atoms with van der Waals surface area (Å²) in [7, 11) is 0. The molecule has 1 aliphatic rings. The van der Waals surface area contributed by atoms with Gasteiger partial charge in [-0.3, -0.25) is 15.6 Å². The minimum absolute atomic E-state index is 0.0630. The number of rotatable bonds is 6. The van der Waals surface area contributed by atoms with E-state index in [9.17, 15) is 14.7 Å². The van der Waals surface area contributed by atoms with Crippen LogP contribution in [0.1, 0.15) is 12.0 Å². The molecule has 9 nitrogen and oxygen atoms in total. The number of anilines is 1. The second kappa shape index (κ2) is 8.92. The number of aliphatic hydroxyl groups is 1. The predicted octanol–water partition coefficient (Wildman–Crippen LogP) is 2.29. The van der Waals surface area contributed by atoms with Gasteiger partial charge in [0.15, 0.2) is 11.5 Å². The molecule has 11 heteroatoms. The predicted molar refractivity (Wildman–Crippen MR) is 112 cm³/mol. The van der Waals surface area contributed by atoms with Crippen molar-refractivity contribution in [2.24, 2.45) is 4.99 Å². The summed E-state index contributed by atoms with van der Waals surface area (Å²) in [6.07, 6.45) is 2.11. The number of likely N-dealkylation sites (tertiary alicyclic amines) is 1. The number of benzene rings is 1. The lowest BCUT2D eigenvalue weighted by atomic mass is 10.2. The van der Waals surface area contributed by atoms with Gasteiger partial charge in [-0.1, -0.05) is 11.6 Å². The first-order chi connectivity index (χ1) is 14.5. The van der Waals surface area contributed by atoms with Crippen LogP contribution in [0.4, 0.5) is 16.0 Å². The summed E-state index contributed by atoms with van der Waals surface area (Å²) in [5, 5.41) is 22.4. The molecule has 0 aliphatic carbocycles. The molecule has 0 amide bonds. The van der Waals surface area contributed by atoms with Crippen LogP contribution in [0.3, 0.4) is 0 Å². The number of fused-ring (bicyclic) bond motifs is 1. The van der Waals surface area contributed by atoms with Gasteiger partial charge in [0.1, 0.15) is 5.82 Å². The SMILES string of the molecule is ONC(=Nc1ccc(F)c(Cl)c1)c1ccnc2nc(NCCN3CC[C@H](O)C3)[nH]c12. The molecule has 30 heavy (non-hydrogen) atoms. The van der Waals surface area contributed by atoms with Crippen LogP contribution >= 0.6 is 11.6 Å². The van der Waals surface area contributed by atoms with Crippen molar-refractivity contribution < 1.29 is 14.7 Å².